The molecule has 0 aliphatic carbocycles. The minimum Gasteiger partial charge on any atom is -0.494 e. The van der Waals surface area contributed by atoms with E-state index in [1.54, 1.807) is 0 Å². The smallest absolute Gasteiger partial charge is 0.251 e. The van der Waals surface area contributed by atoms with E-state index in [0.717, 1.165) is 34.6 Å². The van der Waals surface area contributed by atoms with Crippen LogP contribution >= 0.6 is 0 Å². The molecular formula is C21H25NO3. The Hall–Kier alpha value is -2.49. The lowest BCUT2D eigenvalue weighted by Gasteiger charge is -2.14. The monoisotopic (exact) mass is 339 g/mol. The van der Waals surface area contributed by atoms with Gasteiger partial charge in [-0.3, -0.25) is 4.79 Å². The number of rotatable bonds is 5. The fourth-order valence-corrected chi connectivity index (χ4v) is 3.25. The number of aryl methyl sites for hydroxylation is 2. The average Bonchev–Trinajstić information content (AvgIpc) is 2.91. The number of ether oxygens (including phenoxy) is 2. The summed E-state index contributed by atoms with van der Waals surface area (Å²) < 4.78 is 11.6. The molecule has 1 aliphatic rings. The van der Waals surface area contributed by atoms with Crippen molar-refractivity contribution in [3.63, 3.8) is 0 Å². The van der Waals surface area contributed by atoms with Crippen LogP contribution in [0.4, 0.5) is 0 Å². The Morgan fingerprint density at radius 1 is 1.28 bits per heavy atom. The molecule has 0 aromatic heterocycles. The Bertz CT molecular complexity index is 798. The number of fused-ring (bicyclic) bond motifs is 1. The van der Waals surface area contributed by atoms with Crippen molar-refractivity contribution in [2.24, 2.45) is 0 Å². The van der Waals surface area contributed by atoms with Gasteiger partial charge < -0.3 is 14.8 Å². The Balaban J connectivity index is 1.78. The highest BCUT2D eigenvalue weighted by Gasteiger charge is 2.22. The fourth-order valence-electron chi connectivity index (χ4n) is 3.25. The molecule has 0 unspecified atom stereocenters. The molecular weight excluding hydrogens is 314 g/mol. The molecule has 0 fully saturated rings. The third kappa shape index (κ3) is 3.78. The zero-order valence-corrected chi connectivity index (χ0v) is 15.3. The third-order valence-electron chi connectivity index (χ3n) is 4.44. The Kier molecular flexibility index (Phi) is 4.98. The average molecular weight is 339 g/mol. The van der Waals surface area contributed by atoms with Crippen molar-refractivity contribution in [1.82, 2.24) is 5.32 Å². The van der Waals surface area contributed by atoms with Crippen molar-refractivity contribution in [2.75, 3.05) is 6.61 Å². The minimum absolute atomic E-state index is 0.0743. The summed E-state index contributed by atoms with van der Waals surface area (Å²) in [6.07, 6.45) is 1.08. The van der Waals surface area contributed by atoms with E-state index < -0.39 is 0 Å². The van der Waals surface area contributed by atoms with Crippen molar-refractivity contribution in [3.05, 3.63) is 58.1 Å². The lowest BCUT2D eigenvalue weighted by molar-refractivity contribution is 0.0950. The number of hydrogen-bond donors (Lipinski definition) is 1. The van der Waals surface area contributed by atoms with Gasteiger partial charge in [-0.05, 0) is 51.5 Å². The van der Waals surface area contributed by atoms with Crippen molar-refractivity contribution >= 4 is 5.91 Å². The number of carbonyl (C=O) groups is 1. The lowest BCUT2D eigenvalue weighted by Crippen LogP contribution is -2.24. The number of nitrogens with one attached hydrogen (secondary N) is 1. The number of amides is 1. The molecule has 1 amide bonds. The van der Waals surface area contributed by atoms with Crippen LogP contribution in [0.15, 0.2) is 30.3 Å². The molecule has 1 heterocycles. The van der Waals surface area contributed by atoms with Crippen molar-refractivity contribution in [1.29, 1.82) is 0 Å². The van der Waals surface area contributed by atoms with Crippen LogP contribution in [0.2, 0.25) is 0 Å². The lowest BCUT2D eigenvalue weighted by atomic mass is 10.0. The number of carbonyl (C=O) groups excluding carboxylic acids is 1. The molecule has 4 heteroatoms. The molecule has 1 aliphatic heterocycles. The van der Waals surface area contributed by atoms with Gasteiger partial charge in [0.25, 0.3) is 5.91 Å². The molecule has 1 atom stereocenters. The Morgan fingerprint density at radius 3 is 2.80 bits per heavy atom. The standard InChI is InChI=1S/C21H25NO3/c1-5-24-19-10-16-9-15(4)25-20(16)11-17(19)12-22-21(23)18-7-6-13(2)8-14(18)3/h6-8,10-11,15H,5,9,12H2,1-4H3,(H,22,23)/t15-/m1/s1. The molecule has 0 spiro atoms. The van der Waals surface area contributed by atoms with Crippen LogP contribution in [0.1, 0.15) is 46.5 Å². The van der Waals surface area contributed by atoms with Crippen molar-refractivity contribution < 1.29 is 14.3 Å². The van der Waals surface area contributed by atoms with Gasteiger partial charge in [0.05, 0.1) is 6.61 Å². The van der Waals surface area contributed by atoms with E-state index in [1.807, 2.05) is 51.1 Å². The van der Waals surface area contributed by atoms with Crippen molar-refractivity contribution in [2.45, 2.75) is 46.8 Å². The SMILES string of the molecule is CCOc1cc2c(cc1CNC(=O)c1ccc(C)cc1C)O[C@H](C)C2. The molecule has 0 saturated carbocycles. The summed E-state index contributed by atoms with van der Waals surface area (Å²) in [6.45, 7) is 9.00. The molecule has 25 heavy (non-hydrogen) atoms. The highest BCUT2D eigenvalue weighted by Crippen LogP contribution is 2.35. The summed E-state index contributed by atoms with van der Waals surface area (Å²) in [7, 11) is 0. The van der Waals surface area contributed by atoms with Gasteiger partial charge >= 0.3 is 0 Å². The zero-order chi connectivity index (χ0) is 18.0. The van der Waals surface area contributed by atoms with Crippen LogP contribution in [0.3, 0.4) is 0 Å². The summed E-state index contributed by atoms with van der Waals surface area (Å²) >= 11 is 0. The van der Waals surface area contributed by atoms with Crippen LogP contribution in [0.5, 0.6) is 11.5 Å². The fraction of sp³-hybridized carbons (Fsp3) is 0.381. The quantitative estimate of drug-likeness (QED) is 0.897. The highest BCUT2D eigenvalue weighted by molar-refractivity contribution is 5.95. The van der Waals surface area contributed by atoms with E-state index in [1.165, 1.54) is 5.56 Å². The van der Waals surface area contributed by atoms with Crippen LogP contribution in [-0.2, 0) is 13.0 Å². The zero-order valence-electron chi connectivity index (χ0n) is 15.3. The second-order valence-corrected chi connectivity index (χ2v) is 6.63. The van der Waals surface area contributed by atoms with Gasteiger partial charge in [-0.15, -0.1) is 0 Å². The topological polar surface area (TPSA) is 47.6 Å². The van der Waals surface area contributed by atoms with Crippen LogP contribution in [0.25, 0.3) is 0 Å². The maximum Gasteiger partial charge on any atom is 0.251 e. The van der Waals surface area contributed by atoms with Gasteiger partial charge in [-0.2, -0.15) is 0 Å². The van der Waals surface area contributed by atoms with E-state index >= 15 is 0 Å². The normalized spacial score (nSPS) is 15.4. The van der Waals surface area contributed by atoms with Crippen molar-refractivity contribution in [3.8, 4) is 11.5 Å². The summed E-state index contributed by atoms with van der Waals surface area (Å²) in [5.41, 5.74) is 4.94. The van der Waals surface area contributed by atoms with Crippen LogP contribution in [0, 0.1) is 13.8 Å². The second kappa shape index (κ2) is 7.18. The summed E-state index contributed by atoms with van der Waals surface area (Å²) in [6, 6.07) is 9.88. The first-order valence-corrected chi connectivity index (χ1v) is 8.78. The molecule has 4 nitrogen and oxygen atoms in total. The van der Waals surface area contributed by atoms with E-state index in [4.69, 9.17) is 9.47 Å². The van der Waals surface area contributed by atoms with Gasteiger partial charge in [0, 0.05) is 29.7 Å². The summed E-state index contributed by atoms with van der Waals surface area (Å²) in [5, 5.41) is 3.00. The van der Waals surface area contributed by atoms with Crippen LogP contribution in [-0.4, -0.2) is 18.6 Å². The van der Waals surface area contributed by atoms with Gasteiger partial charge in [0.1, 0.15) is 17.6 Å². The third-order valence-corrected chi connectivity index (χ3v) is 4.44. The maximum atomic E-state index is 12.5. The van der Waals surface area contributed by atoms with Gasteiger partial charge in [0.2, 0.25) is 0 Å². The summed E-state index contributed by atoms with van der Waals surface area (Å²) in [4.78, 5) is 12.5. The van der Waals surface area contributed by atoms with E-state index in [2.05, 4.69) is 12.2 Å². The largest absolute Gasteiger partial charge is 0.494 e. The summed E-state index contributed by atoms with van der Waals surface area (Å²) in [5.74, 6) is 1.64. The molecule has 2 aromatic rings. The molecule has 0 radical (unpaired) electrons. The molecule has 3 rings (SSSR count). The molecule has 132 valence electrons. The van der Waals surface area contributed by atoms with E-state index in [0.29, 0.717) is 18.7 Å². The molecule has 0 saturated heterocycles. The van der Waals surface area contributed by atoms with Crippen LogP contribution < -0.4 is 14.8 Å². The van der Waals surface area contributed by atoms with E-state index in [-0.39, 0.29) is 12.0 Å². The Morgan fingerprint density at radius 2 is 2.08 bits per heavy atom. The molecule has 2 aromatic carbocycles. The molecule has 1 N–H and O–H groups in total. The van der Waals surface area contributed by atoms with E-state index in [9.17, 15) is 4.79 Å². The maximum absolute atomic E-state index is 12.5. The second-order valence-electron chi connectivity index (χ2n) is 6.63. The Labute approximate surface area is 149 Å². The van der Waals surface area contributed by atoms with Gasteiger partial charge in [-0.1, -0.05) is 17.7 Å². The number of benzene rings is 2. The number of hydrogen-bond acceptors (Lipinski definition) is 3. The highest BCUT2D eigenvalue weighted by atomic mass is 16.5. The first kappa shape index (κ1) is 17.3. The minimum atomic E-state index is -0.0743. The van der Waals surface area contributed by atoms with Gasteiger partial charge in [-0.25, -0.2) is 0 Å². The predicted octanol–water partition coefficient (Wildman–Crippen LogP) is 3.96. The first-order chi connectivity index (χ1) is 12.0. The predicted molar refractivity (Wildman–Crippen MR) is 98.5 cm³/mol. The molecule has 0 bridgehead atoms. The first-order valence-electron chi connectivity index (χ1n) is 8.78. The van der Waals surface area contributed by atoms with Gasteiger partial charge in [0.15, 0.2) is 0 Å².